The maximum absolute atomic E-state index is 11.7. The molecule has 18 heavy (non-hydrogen) atoms. The highest BCUT2D eigenvalue weighted by atomic mass is 16.5. The third kappa shape index (κ3) is 4.04. The summed E-state index contributed by atoms with van der Waals surface area (Å²) in [7, 11) is 0. The van der Waals surface area contributed by atoms with Crippen molar-refractivity contribution in [3.63, 3.8) is 0 Å². The number of carbonyl (C=O) groups is 1. The Morgan fingerprint density at radius 2 is 2.11 bits per heavy atom. The molecule has 0 heterocycles. The first-order chi connectivity index (χ1) is 8.79. The third-order valence-electron chi connectivity index (χ3n) is 3.09. The van der Waals surface area contributed by atoms with E-state index in [-0.39, 0.29) is 25.2 Å². The van der Waals surface area contributed by atoms with E-state index < -0.39 is 0 Å². The van der Waals surface area contributed by atoms with Gasteiger partial charge in [-0.15, -0.1) is 0 Å². The minimum Gasteiger partial charge on any atom is -0.484 e. The van der Waals surface area contributed by atoms with Crippen molar-refractivity contribution in [1.29, 1.82) is 0 Å². The quantitative estimate of drug-likeness (QED) is 0.766. The fourth-order valence-corrected chi connectivity index (χ4v) is 1.98. The second-order valence-electron chi connectivity index (χ2n) is 4.63. The van der Waals surface area contributed by atoms with Gasteiger partial charge < -0.3 is 15.2 Å². The van der Waals surface area contributed by atoms with Gasteiger partial charge in [-0.05, 0) is 37.3 Å². The monoisotopic (exact) mass is 249 g/mol. The van der Waals surface area contributed by atoms with E-state index in [0.717, 1.165) is 12.8 Å². The van der Waals surface area contributed by atoms with Crippen molar-refractivity contribution in [3.8, 4) is 5.75 Å². The predicted octanol–water partition coefficient (Wildman–Crippen LogP) is 1.34. The van der Waals surface area contributed by atoms with Crippen molar-refractivity contribution in [2.75, 3.05) is 13.2 Å². The molecule has 1 saturated carbocycles. The lowest BCUT2D eigenvalue weighted by molar-refractivity contribution is -0.124. The van der Waals surface area contributed by atoms with Crippen LogP contribution < -0.4 is 10.1 Å². The number of nitrogens with one attached hydrogen (secondary N) is 1. The molecule has 1 fully saturated rings. The zero-order chi connectivity index (χ0) is 12.8. The molecule has 1 aromatic rings. The van der Waals surface area contributed by atoms with Crippen LogP contribution in [-0.2, 0) is 4.79 Å². The van der Waals surface area contributed by atoms with Gasteiger partial charge in [0.05, 0.1) is 0 Å². The zero-order valence-electron chi connectivity index (χ0n) is 10.3. The SMILES string of the molecule is O=C(COc1ccccc1)NC(CCO)C1CC1. The fraction of sp³-hybridized carbons (Fsp3) is 0.500. The van der Waals surface area contributed by atoms with Crippen molar-refractivity contribution in [2.24, 2.45) is 5.92 Å². The topological polar surface area (TPSA) is 58.6 Å². The normalized spacial score (nSPS) is 16.1. The van der Waals surface area contributed by atoms with E-state index in [1.165, 1.54) is 0 Å². The minimum atomic E-state index is -0.121. The number of hydrogen-bond donors (Lipinski definition) is 2. The molecular formula is C14H19NO3. The lowest BCUT2D eigenvalue weighted by atomic mass is 10.1. The first kappa shape index (κ1) is 12.9. The van der Waals surface area contributed by atoms with E-state index in [9.17, 15) is 4.79 Å². The summed E-state index contributed by atoms with van der Waals surface area (Å²) in [5.74, 6) is 1.11. The molecule has 0 bridgehead atoms. The molecule has 0 aliphatic heterocycles. The number of para-hydroxylation sites is 1. The average molecular weight is 249 g/mol. The van der Waals surface area contributed by atoms with Crippen molar-refractivity contribution in [3.05, 3.63) is 30.3 Å². The summed E-state index contributed by atoms with van der Waals surface area (Å²) in [4.78, 5) is 11.7. The van der Waals surface area contributed by atoms with Gasteiger partial charge in [0.1, 0.15) is 5.75 Å². The number of rotatable bonds is 7. The largest absolute Gasteiger partial charge is 0.484 e. The van der Waals surface area contributed by atoms with Crippen LogP contribution in [0.25, 0.3) is 0 Å². The van der Waals surface area contributed by atoms with E-state index in [0.29, 0.717) is 18.1 Å². The van der Waals surface area contributed by atoms with Gasteiger partial charge in [0.2, 0.25) is 0 Å². The Hall–Kier alpha value is -1.55. The first-order valence-electron chi connectivity index (χ1n) is 6.37. The molecule has 4 nitrogen and oxygen atoms in total. The molecule has 1 aromatic carbocycles. The van der Waals surface area contributed by atoms with Crippen LogP contribution in [0.4, 0.5) is 0 Å². The highest BCUT2D eigenvalue weighted by molar-refractivity contribution is 5.77. The number of ether oxygens (including phenoxy) is 1. The van der Waals surface area contributed by atoms with Gasteiger partial charge in [-0.25, -0.2) is 0 Å². The number of carbonyl (C=O) groups excluding carboxylic acids is 1. The maximum Gasteiger partial charge on any atom is 0.258 e. The lowest BCUT2D eigenvalue weighted by Gasteiger charge is -2.17. The Balaban J connectivity index is 1.74. The van der Waals surface area contributed by atoms with Crippen molar-refractivity contribution >= 4 is 5.91 Å². The van der Waals surface area contributed by atoms with E-state index in [1.54, 1.807) is 0 Å². The van der Waals surface area contributed by atoms with Crippen LogP contribution in [0.15, 0.2) is 30.3 Å². The Bertz CT molecular complexity index is 376. The Labute approximate surface area is 107 Å². The third-order valence-corrected chi connectivity index (χ3v) is 3.09. The summed E-state index contributed by atoms with van der Waals surface area (Å²) >= 11 is 0. The first-order valence-corrected chi connectivity index (χ1v) is 6.37. The molecular weight excluding hydrogens is 230 g/mol. The second-order valence-corrected chi connectivity index (χ2v) is 4.63. The number of hydrogen-bond acceptors (Lipinski definition) is 3. The van der Waals surface area contributed by atoms with Gasteiger partial charge in [-0.1, -0.05) is 18.2 Å². The molecule has 0 aromatic heterocycles. The molecule has 1 unspecified atom stereocenters. The van der Waals surface area contributed by atoms with Crippen LogP contribution >= 0.6 is 0 Å². The summed E-state index contributed by atoms with van der Waals surface area (Å²) in [5, 5.41) is 11.9. The van der Waals surface area contributed by atoms with Gasteiger partial charge in [0, 0.05) is 12.6 Å². The van der Waals surface area contributed by atoms with Crippen molar-refractivity contribution < 1.29 is 14.6 Å². The number of aliphatic hydroxyl groups excluding tert-OH is 1. The molecule has 0 radical (unpaired) electrons. The number of aliphatic hydroxyl groups is 1. The molecule has 0 spiro atoms. The smallest absolute Gasteiger partial charge is 0.258 e. The molecule has 1 amide bonds. The summed E-state index contributed by atoms with van der Waals surface area (Å²) < 4.78 is 5.37. The summed E-state index contributed by atoms with van der Waals surface area (Å²) in [6, 6.07) is 9.37. The van der Waals surface area contributed by atoms with Gasteiger partial charge in [-0.3, -0.25) is 4.79 Å². The summed E-state index contributed by atoms with van der Waals surface area (Å²) in [6.45, 7) is 0.139. The van der Waals surface area contributed by atoms with Crippen molar-refractivity contribution in [1.82, 2.24) is 5.32 Å². The van der Waals surface area contributed by atoms with E-state index >= 15 is 0 Å². The van der Waals surface area contributed by atoms with Crippen LogP contribution in [0, 0.1) is 5.92 Å². The molecule has 98 valence electrons. The van der Waals surface area contributed by atoms with Crippen LogP contribution in [0.1, 0.15) is 19.3 Å². The molecule has 4 heteroatoms. The standard InChI is InChI=1S/C14H19NO3/c16-9-8-13(11-6-7-11)15-14(17)10-18-12-4-2-1-3-5-12/h1-5,11,13,16H,6-10H2,(H,15,17). The Kier molecular flexibility index (Phi) is 4.59. The number of benzene rings is 1. The Morgan fingerprint density at radius 1 is 1.39 bits per heavy atom. The van der Waals surface area contributed by atoms with Crippen LogP contribution in [0.2, 0.25) is 0 Å². The van der Waals surface area contributed by atoms with Crippen molar-refractivity contribution in [2.45, 2.75) is 25.3 Å². The summed E-state index contributed by atoms with van der Waals surface area (Å²) in [6.07, 6.45) is 2.91. The number of amides is 1. The van der Waals surface area contributed by atoms with E-state index in [2.05, 4.69) is 5.32 Å². The van der Waals surface area contributed by atoms with E-state index in [4.69, 9.17) is 9.84 Å². The molecule has 2 rings (SSSR count). The van der Waals surface area contributed by atoms with Crippen LogP contribution in [-0.4, -0.2) is 30.3 Å². The van der Waals surface area contributed by atoms with Gasteiger partial charge in [0.25, 0.3) is 5.91 Å². The zero-order valence-corrected chi connectivity index (χ0v) is 10.3. The van der Waals surface area contributed by atoms with Gasteiger partial charge >= 0.3 is 0 Å². The lowest BCUT2D eigenvalue weighted by Crippen LogP contribution is -2.39. The van der Waals surface area contributed by atoms with Gasteiger partial charge in [-0.2, -0.15) is 0 Å². The Morgan fingerprint density at radius 3 is 2.72 bits per heavy atom. The molecule has 0 saturated heterocycles. The summed E-state index contributed by atoms with van der Waals surface area (Å²) in [5.41, 5.74) is 0. The molecule has 1 aliphatic carbocycles. The van der Waals surface area contributed by atoms with E-state index in [1.807, 2.05) is 30.3 Å². The fourth-order valence-electron chi connectivity index (χ4n) is 1.98. The van der Waals surface area contributed by atoms with Crippen LogP contribution in [0.5, 0.6) is 5.75 Å². The van der Waals surface area contributed by atoms with Crippen LogP contribution in [0.3, 0.4) is 0 Å². The second kappa shape index (κ2) is 6.40. The molecule has 1 aliphatic rings. The maximum atomic E-state index is 11.7. The highest BCUT2D eigenvalue weighted by Gasteiger charge is 2.31. The minimum absolute atomic E-state index is 0.0265. The predicted molar refractivity (Wildman–Crippen MR) is 68.3 cm³/mol. The van der Waals surface area contributed by atoms with Gasteiger partial charge in [0.15, 0.2) is 6.61 Å². The highest BCUT2D eigenvalue weighted by Crippen LogP contribution is 2.33. The average Bonchev–Trinajstić information content (AvgIpc) is 3.21. The molecule has 1 atom stereocenters. The molecule has 2 N–H and O–H groups in total.